The molecule has 1 aliphatic rings. The van der Waals surface area contributed by atoms with E-state index in [1.807, 2.05) is 12.1 Å². The van der Waals surface area contributed by atoms with E-state index in [0.717, 1.165) is 31.0 Å². The minimum Gasteiger partial charge on any atom is -0.339 e. The van der Waals surface area contributed by atoms with Crippen LogP contribution < -0.4 is 5.32 Å². The molecule has 1 unspecified atom stereocenters. The number of piperazine rings is 1. The van der Waals surface area contributed by atoms with Gasteiger partial charge in [0.15, 0.2) is 5.82 Å². The summed E-state index contributed by atoms with van der Waals surface area (Å²) in [6.45, 7) is 7.13. The molecule has 4 rings (SSSR count). The first kappa shape index (κ1) is 21.4. The molecule has 1 atom stereocenters. The molecule has 1 saturated heterocycles. The second-order valence-electron chi connectivity index (χ2n) is 7.54. The molecule has 0 aliphatic carbocycles. The van der Waals surface area contributed by atoms with Crippen LogP contribution in [0.25, 0.3) is 11.4 Å². The number of halogens is 1. The van der Waals surface area contributed by atoms with Gasteiger partial charge < -0.3 is 14.4 Å². The van der Waals surface area contributed by atoms with Crippen LogP contribution in [0.2, 0.25) is 0 Å². The SMILES string of the molecule is CC(C)c1ccc(-c2noc(CCc3nc(C4CNCCN4C)no3)n2)cc1.Cl. The molecule has 1 aliphatic heterocycles. The van der Waals surface area contributed by atoms with Crippen LogP contribution in [0, 0.1) is 0 Å². The zero-order valence-corrected chi connectivity index (χ0v) is 17.8. The molecule has 156 valence electrons. The van der Waals surface area contributed by atoms with Crippen LogP contribution in [0.5, 0.6) is 0 Å². The Morgan fingerprint density at radius 1 is 1.07 bits per heavy atom. The quantitative estimate of drug-likeness (QED) is 0.652. The first-order valence-corrected chi connectivity index (χ1v) is 9.76. The van der Waals surface area contributed by atoms with Crippen molar-refractivity contribution < 1.29 is 9.05 Å². The van der Waals surface area contributed by atoms with Gasteiger partial charge in [-0.1, -0.05) is 48.4 Å². The molecule has 3 aromatic rings. The summed E-state index contributed by atoms with van der Waals surface area (Å²) in [6, 6.07) is 8.42. The molecule has 0 bridgehead atoms. The second kappa shape index (κ2) is 9.47. The highest BCUT2D eigenvalue weighted by Crippen LogP contribution is 2.21. The topological polar surface area (TPSA) is 93.1 Å². The van der Waals surface area contributed by atoms with Gasteiger partial charge in [0, 0.05) is 38.0 Å². The molecule has 1 N–H and O–H groups in total. The number of nitrogens with zero attached hydrogens (tertiary/aromatic N) is 5. The maximum Gasteiger partial charge on any atom is 0.227 e. The van der Waals surface area contributed by atoms with E-state index < -0.39 is 0 Å². The average Bonchev–Trinajstić information content (AvgIpc) is 3.36. The van der Waals surface area contributed by atoms with Gasteiger partial charge in [0.1, 0.15) is 0 Å². The zero-order chi connectivity index (χ0) is 19.5. The fourth-order valence-corrected chi connectivity index (χ4v) is 3.30. The minimum absolute atomic E-state index is 0. The van der Waals surface area contributed by atoms with Gasteiger partial charge in [-0.15, -0.1) is 12.4 Å². The Kier molecular flexibility index (Phi) is 7.00. The second-order valence-corrected chi connectivity index (χ2v) is 7.54. The number of benzene rings is 1. The van der Waals surface area contributed by atoms with Crippen LogP contribution in [0.15, 0.2) is 33.3 Å². The Morgan fingerprint density at radius 2 is 1.76 bits per heavy atom. The Labute approximate surface area is 176 Å². The van der Waals surface area contributed by atoms with E-state index >= 15 is 0 Å². The highest BCUT2D eigenvalue weighted by Gasteiger charge is 2.25. The smallest absolute Gasteiger partial charge is 0.227 e. The lowest BCUT2D eigenvalue weighted by atomic mass is 10.0. The number of hydrogen-bond donors (Lipinski definition) is 1. The molecule has 3 heterocycles. The number of aryl methyl sites for hydroxylation is 2. The van der Waals surface area contributed by atoms with Gasteiger partial charge in [0.05, 0.1) is 6.04 Å². The Morgan fingerprint density at radius 3 is 2.45 bits per heavy atom. The molecule has 8 nitrogen and oxygen atoms in total. The Hall–Kier alpha value is -2.29. The van der Waals surface area contributed by atoms with Crippen molar-refractivity contribution in [2.75, 3.05) is 26.7 Å². The maximum atomic E-state index is 5.41. The van der Waals surface area contributed by atoms with Gasteiger partial charge >= 0.3 is 0 Å². The summed E-state index contributed by atoms with van der Waals surface area (Å²) in [5, 5.41) is 11.6. The van der Waals surface area contributed by atoms with Crippen molar-refractivity contribution in [1.82, 2.24) is 30.5 Å². The van der Waals surface area contributed by atoms with E-state index in [9.17, 15) is 0 Å². The van der Waals surface area contributed by atoms with Gasteiger partial charge in [0.2, 0.25) is 17.6 Å². The number of hydrogen-bond acceptors (Lipinski definition) is 8. The fourth-order valence-electron chi connectivity index (χ4n) is 3.30. The highest BCUT2D eigenvalue weighted by atomic mass is 35.5. The predicted octanol–water partition coefficient (Wildman–Crippen LogP) is 3.03. The van der Waals surface area contributed by atoms with Crippen molar-refractivity contribution in [1.29, 1.82) is 0 Å². The lowest BCUT2D eigenvalue weighted by molar-refractivity contribution is 0.190. The van der Waals surface area contributed by atoms with Crippen LogP contribution in [0.1, 0.15) is 49.0 Å². The van der Waals surface area contributed by atoms with Crippen molar-refractivity contribution in [3.63, 3.8) is 0 Å². The van der Waals surface area contributed by atoms with Crippen molar-refractivity contribution in [2.45, 2.75) is 38.6 Å². The molecule has 29 heavy (non-hydrogen) atoms. The van der Waals surface area contributed by atoms with Gasteiger partial charge in [0.25, 0.3) is 0 Å². The summed E-state index contributed by atoms with van der Waals surface area (Å²) < 4.78 is 10.8. The van der Waals surface area contributed by atoms with Gasteiger partial charge in [-0.3, -0.25) is 4.90 Å². The summed E-state index contributed by atoms with van der Waals surface area (Å²) in [6.07, 6.45) is 1.14. The van der Waals surface area contributed by atoms with Crippen LogP contribution >= 0.6 is 12.4 Å². The number of nitrogens with one attached hydrogen (secondary N) is 1. The van der Waals surface area contributed by atoms with Crippen molar-refractivity contribution in [2.24, 2.45) is 0 Å². The van der Waals surface area contributed by atoms with Crippen molar-refractivity contribution in [3.05, 3.63) is 47.4 Å². The summed E-state index contributed by atoms with van der Waals surface area (Å²) in [7, 11) is 2.08. The standard InChI is InChI=1S/C20H26N6O2.ClH/c1-13(2)14-4-6-15(7-5-14)19-22-17(27-24-19)8-9-18-23-20(25-28-18)16-12-21-10-11-26(16)3;/h4-7,13,16,21H,8-12H2,1-3H3;1H. The van der Waals surface area contributed by atoms with E-state index in [1.165, 1.54) is 5.56 Å². The summed E-state index contributed by atoms with van der Waals surface area (Å²) >= 11 is 0. The summed E-state index contributed by atoms with van der Waals surface area (Å²) in [5.74, 6) is 2.99. The third-order valence-corrected chi connectivity index (χ3v) is 5.15. The fraction of sp³-hybridized carbons (Fsp3) is 0.500. The van der Waals surface area contributed by atoms with E-state index in [0.29, 0.717) is 36.4 Å². The van der Waals surface area contributed by atoms with E-state index in [-0.39, 0.29) is 18.4 Å². The molecule has 9 heteroatoms. The minimum atomic E-state index is 0. The Balaban J connectivity index is 0.00000240. The lowest BCUT2D eigenvalue weighted by Gasteiger charge is -2.30. The molecule has 1 fully saturated rings. The van der Waals surface area contributed by atoms with Crippen LogP contribution in [0.4, 0.5) is 0 Å². The van der Waals surface area contributed by atoms with Gasteiger partial charge in [-0.25, -0.2) is 0 Å². The first-order chi connectivity index (χ1) is 13.6. The van der Waals surface area contributed by atoms with E-state index in [1.54, 1.807) is 0 Å². The monoisotopic (exact) mass is 418 g/mol. The Bertz CT molecular complexity index is 908. The third-order valence-electron chi connectivity index (χ3n) is 5.15. The van der Waals surface area contributed by atoms with Crippen LogP contribution in [-0.2, 0) is 12.8 Å². The molecule has 0 radical (unpaired) electrons. The molecular weight excluding hydrogens is 392 g/mol. The van der Waals surface area contributed by atoms with Crippen LogP contribution in [0.3, 0.4) is 0 Å². The van der Waals surface area contributed by atoms with Crippen LogP contribution in [-0.4, -0.2) is 51.9 Å². The molecule has 0 amide bonds. The normalized spacial score (nSPS) is 17.4. The first-order valence-electron chi connectivity index (χ1n) is 9.76. The van der Waals surface area contributed by atoms with Gasteiger partial charge in [-0.2, -0.15) is 9.97 Å². The third kappa shape index (κ3) is 5.01. The zero-order valence-electron chi connectivity index (χ0n) is 17.0. The maximum absolute atomic E-state index is 5.41. The number of rotatable bonds is 6. The molecular formula is C20H27ClN6O2. The highest BCUT2D eigenvalue weighted by molar-refractivity contribution is 5.85. The van der Waals surface area contributed by atoms with E-state index in [2.05, 4.69) is 63.5 Å². The molecule has 0 spiro atoms. The number of aromatic nitrogens is 4. The largest absolute Gasteiger partial charge is 0.339 e. The molecule has 0 saturated carbocycles. The lowest BCUT2D eigenvalue weighted by Crippen LogP contribution is -2.44. The summed E-state index contributed by atoms with van der Waals surface area (Å²) in [5.41, 5.74) is 2.24. The van der Waals surface area contributed by atoms with Crippen molar-refractivity contribution >= 4 is 12.4 Å². The van der Waals surface area contributed by atoms with Crippen molar-refractivity contribution in [3.8, 4) is 11.4 Å². The summed E-state index contributed by atoms with van der Waals surface area (Å²) in [4.78, 5) is 11.3. The number of likely N-dealkylation sites (N-methyl/N-ethyl adjacent to an activating group) is 1. The average molecular weight is 419 g/mol. The predicted molar refractivity (Wildman–Crippen MR) is 111 cm³/mol. The molecule has 2 aromatic heterocycles. The van der Waals surface area contributed by atoms with E-state index in [4.69, 9.17) is 9.05 Å². The molecule has 1 aromatic carbocycles. The van der Waals surface area contributed by atoms with Gasteiger partial charge in [-0.05, 0) is 18.5 Å².